The van der Waals surface area contributed by atoms with E-state index >= 15 is 0 Å². The monoisotopic (exact) mass is 366 g/mol. The highest BCUT2D eigenvalue weighted by Gasteiger charge is 2.34. The van der Waals surface area contributed by atoms with Crippen LogP contribution in [0.5, 0.6) is 0 Å². The Bertz CT molecular complexity index is 812. The van der Waals surface area contributed by atoms with Crippen LogP contribution < -0.4 is 10.6 Å². The summed E-state index contributed by atoms with van der Waals surface area (Å²) in [7, 11) is 0. The SMILES string of the molecule is CC(=O)Nc1cc(C(=O)NCC2(c3ccccc3)CCOCC2)ccc1C. The van der Waals surface area contributed by atoms with Gasteiger partial charge in [0.05, 0.1) is 0 Å². The Morgan fingerprint density at radius 2 is 1.78 bits per heavy atom. The summed E-state index contributed by atoms with van der Waals surface area (Å²) in [6.45, 7) is 5.31. The van der Waals surface area contributed by atoms with Gasteiger partial charge in [0.25, 0.3) is 5.91 Å². The first-order valence-corrected chi connectivity index (χ1v) is 9.30. The van der Waals surface area contributed by atoms with E-state index in [9.17, 15) is 9.59 Å². The summed E-state index contributed by atoms with van der Waals surface area (Å²) in [5, 5.41) is 5.87. The lowest BCUT2D eigenvalue weighted by Gasteiger charge is -2.38. The molecule has 1 fully saturated rings. The number of amides is 2. The molecule has 0 saturated carbocycles. The van der Waals surface area contributed by atoms with Crippen molar-refractivity contribution < 1.29 is 14.3 Å². The Labute approximate surface area is 160 Å². The third-order valence-electron chi connectivity index (χ3n) is 5.23. The van der Waals surface area contributed by atoms with Crippen LogP contribution in [0.4, 0.5) is 5.69 Å². The molecule has 0 atom stereocenters. The summed E-state index contributed by atoms with van der Waals surface area (Å²) in [4.78, 5) is 24.1. The molecule has 0 aromatic heterocycles. The van der Waals surface area contributed by atoms with Gasteiger partial charge < -0.3 is 15.4 Å². The maximum atomic E-state index is 12.8. The normalized spacial score (nSPS) is 15.8. The average Bonchev–Trinajstić information content (AvgIpc) is 2.69. The van der Waals surface area contributed by atoms with E-state index < -0.39 is 0 Å². The number of aryl methyl sites for hydroxylation is 1. The summed E-state index contributed by atoms with van der Waals surface area (Å²) in [5.74, 6) is -0.288. The molecule has 0 unspecified atom stereocenters. The van der Waals surface area contributed by atoms with Crippen molar-refractivity contribution in [2.45, 2.75) is 32.1 Å². The zero-order chi connectivity index (χ0) is 19.3. The fourth-order valence-electron chi connectivity index (χ4n) is 3.56. The van der Waals surface area contributed by atoms with Gasteiger partial charge in [-0.05, 0) is 43.0 Å². The number of benzene rings is 2. The Morgan fingerprint density at radius 1 is 1.07 bits per heavy atom. The number of hydrogen-bond donors (Lipinski definition) is 2. The number of rotatable bonds is 5. The zero-order valence-electron chi connectivity index (χ0n) is 15.9. The Morgan fingerprint density at radius 3 is 2.44 bits per heavy atom. The van der Waals surface area contributed by atoms with Crippen LogP contribution in [0.15, 0.2) is 48.5 Å². The molecule has 0 spiro atoms. The number of nitrogens with one attached hydrogen (secondary N) is 2. The molecule has 1 heterocycles. The number of ether oxygens (including phenoxy) is 1. The number of anilines is 1. The smallest absolute Gasteiger partial charge is 0.251 e. The standard InChI is InChI=1S/C22H26N2O3/c1-16-8-9-18(14-20(16)24-17(2)25)21(26)23-15-22(10-12-27-13-11-22)19-6-4-3-5-7-19/h3-9,14H,10-13,15H2,1-2H3,(H,23,26)(H,24,25). The fraction of sp³-hybridized carbons (Fsp3) is 0.364. The van der Waals surface area contributed by atoms with Crippen LogP contribution in [-0.4, -0.2) is 31.6 Å². The van der Waals surface area contributed by atoms with Crippen molar-refractivity contribution >= 4 is 17.5 Å². The first-order chi connectivity index (χ1) is 13.0. The van der Waals surface area contributed by atoms with Crippen LogP contribution in [0.3, 0.4) is 0 Å². The van der Waals surface area contributed by atoms with E-state index in [1.807, 2.05) is 31.2 Å². The highest BCUT2D eigenvalue weighted by Crippen LogP contribution is 2.34. The first-order valence-electron chi connectivity index (χ1n) is 9.30. The highest BCUT2D eigenvalue weighted by molar-refractivity contribution is 5.97. The van der Waals surface area contributed by atoms with Gasteiger partial charge in [-0.1, -0.05) is 36.4 Å². The predicted molar refractivity (Wildman–Crippen MR) is 106 cm³/mol. The molecule has 0 aliphatic carbocycles. The molecule has 5 heteroatoms. The highest BCUT2D eigenvalue weighted by atomic mass is 16.5. The largest absolute Gasteiger partial charge is 0.381 e. The third kappa shape index (κ3) is 4.55. The van der Waals surface area contributed by atoms with Crippen LogP contribution in [0.2, 0.25) is 0 Å². The second kappa shape index (κ2) is 8.35. The zero-order valence-corrected chi connectivity index (χ0v) is 15.9. The van der Waals surface area contributed by atoms with Gasteiger partial charge in [0, 0.05) is 43.3 Å². The van der Waals surface area contributed by atoms with Crippen molar-refractivity contribution in [3.8, 4) is 0 Å². The minimum Gasteiger partial charge on any atom is -0.381 e. The summed E-state index contributed by atoms with van der Waals surface area (Å²) < 4.78 is 5.55. The van der Waals surface area contributed by atoms with E-state index in [0.29, 0.717) is 31.0 Å². The topological polar surface area (TPSA) is 67.4 Å². The molecule has 142 valence electrons. The lowest BCUT2D eigenvalue weighted by Crippen LogP contribution is -2.44. The molecule has 2 aromatic carbocycles. The van der Waals surface area contributed by atoms with Crippen LogP contribution in [-0.2, 0) is 14.9 Å². The molecule has 5 nitrogen and oxygen atoms in total. The van der Waals surface area contributed by atoms with Crippen molar-refractivity contribution in [1.82, 2.24) is 5.32 Å². The van der Waals surface area contributed by atoms with Gasteiger partial charge >= 0.3 is 0 Å². The van der Waals surface area contributed by atoms with Gasteiger partial charge in [-0.3, -0.25) is 9.59 Å². The Hall–Kier alpha value is -2.66. The minimum absolute atomic E-state index is 0.111. The number of carbonyl (C=O) groups is 2. The van der Waals surface area contributed by atoms with Crippen LogP contribution in [0.25, 0.3) is 0 Å². The van der Waals surface area contributed by atoms with Crippen molar-refractivity contribution in [2.24, 2.45) is 0 Å². The summed E-state index contributed by atoms with van der Waals surface area (Å²) >= 11 is 0. The molecular formula is C22H26N2O3. The number of hydrogen-bond acceptors (Lipinski definition) is 3. The predicted octanol–water partition coefficient (Wildman–Crippen LogP) is 3.43. The number of carbonyl (C=O) groups excluding carboxylic acids is 2. The summed E-state index contributed by atoms with van der Waals surface area (Å²) in [6.07, 6.45) is 1.75. The van der Waals surface area contributed by atoms with E-state index in [4.69, 9.17) is 4.74 Å². The Balaban J connectivity index is 1.76. The van der Waals surface area contributed by atoms with Gasteiger partial charge in [-0.2, -0.15) is 0 Å². The molecule has 3 rings (SSSR count). The van der Waals surface area contributed by atoms with E-state index in [0.717, 1.165) is 18.4 Å². The van der Waals surface area contributed by atoms with Crippen LogP contribution >= 0.6 is 0 Å². The molecule has 2 amide bonds. The van der Waals surface area contributed by atoms with Gasteiger partial charge in [-0.25, -0.2) is 0 Å². The molecule has 0 radical (unpaired) electrons. The summed E-state index contributed by atoms with van der Waals surface area (Å²) in [5.41, 5.74) is 3.25. The molecular weight excluding hydrogens is 340 g/mol. The molecule has 1 aliphatic rings. The molecule has 1 saturated heterocycles. The van der Waals surface area contributed by atoms with Crippen molar-refractivity contribution in [3.63, 3.8) is 0 Å². The van der Waals surface area contributed by atoms with Gasteiger partial charge in [0.1, 0.15) is 0 Å². The average molecular weight is 366 g/mol. The van der Waals surface area contributed by atoms with Crippen molar-refractivity contribution in [2.75, 3.05) is 25.1 Å². The third-order valence-corrected chi connectivity index (χ3v) is 5.23. The van der Waals surface area contributed by atoms with Crippen molar-refractivity contribution in [1.29, 1.82) is 0 Å². The van der Waals surface area contributed by atoms with Gasteiger partial charge in [0.2, 0.25) is 5.91 Å². The lowest BCUT2D eigenvalue weighted by molar-refractivity contribution is -0.114. The molecule has 0 bridgehead atoms. The van der Waals surface area contributed by atoms with Crippen LogP contribution in [0.1, 0.15) is 41.3 Å². The maximum absolute atomic E-state index is 12.8. The van der Waals surface area contributed by atoms with E-state index in [2.05, 4.69) is 22.8 Å². The second-order valence-corrected chi connectivity index (χ2v) is 7.15. The van der Waals surface area contributed by atoms with Crippen molar-refractivity contribution in [3.05, 3.63) is 65.2 Å². The quantitative estimate of drug-likeness (QED) is 0.852. The van der Waals surface area contributed by atoms with Gasteiger partial charge in [0.15, 0.2) is 0 Å². The molecule has 27 heavy (non-hydrogen) atoms. The first kappa shape index (κ1) is 19.1. The molecule has 2 N–H and O–H groups in total. The van der Waals surface area contributed by atoms with E-state index in [1.54, 1.807) is 12.1 Å². The lowest BCUT2D eigenvalue weighted by atomic mass is 9.74. The van der Waals surface area contributed by atoms with E-state index in [1.165, 1.54) is 12.5 Å². The van der Waals surface area contributed by atoms with Gasteiger partial charge in [-0.15, -0.1) is 0 Å². The maximum Gasteiger partial charge on any atom is 0.251 e. The Kier molecular flexibility index (Phi) is 5.91. The minimum atomic E-state index is -0.152. The summed E-state index contributed by atoms with van der Waals surface area (Å²) in [6, 6.07) is 15.7. The second-order valence-electron chi connectivity index (χ2n) is 7.15. The molecule has 2 aromatic rings. The van der Waals surface area contributed by atoms with Crippen LogP contribution in [0, 0.1) is 6.92 Å². The van der Waals surface area contributed by atoms with E-state index in [-0.39, 0.29) is 17.2 Å². The fourth-order valence-corrected chi connectivity index (χ4v) is 3.56. The molecule has 1 aliphatic heterocycles.